The number of aromatic nitrogens is 2. The van der Waals surface area contributed by atoms with E-state index in [1.165, 1.54) is 18.2 Å². The van der Waals surface area contributed by atoms with Crippen molar-refractivity contribution >= 4 is 26.8 Å². The molecule has 0 atom stereocenters. The first-order valence-corrected chi connectivity index (χ1v) is 5.57. The molecule has 0 saturated carbocycles. The van der Waals surface area contributed by atoms with Crippen LogP contribution in [0.25, 0.3) is 10.9 Å². The first kappa shape index (κ1) is 10.3. The molecule has 1 aromatic heterocycles. The molecule has 0 unspecified atom stereocenters. The summed E-state index contributed by atoms with van der Waals surface area (Å²) in [4.78, 5) is 18.4. The first-order chi connectivity index (χ1) is 7.20. The van der Waals surface area contributed by atoms with Crippen LogP contribution in [0.4, 0.5) is 4.39 Å². The number of rotatable bonds is 2. The molecule has 2 aromatic rings. The summed E-state index contributed by atoms with van der Waals surface area (Å²) in [6.07, 6.45) is 0.641. The van der Waals surface area contributed by atoms with Crippen LogP contribution in [-0.4, -0.2) is 15.3 Å². The number of alkyl halides is 1. The molecule has 0 aliphatic rings. The summed E-state index contributed by atoms with van der Waals surface area (Å²) < 4.78 is 12.9. The fourth-order valence-corrected chi connectivity index (χ4v) is 1.74. The molecule has 78 valence electrons. The van der Waals surface area contributed by atoms with Crippen LogP contribution in [-0.2, 0) is 6.42 Å². The molecule has 0 amide bonds. The van der Waals surface area contributed by atoms with E-state index < -0.39 is 5.82 Å². The molecule has 2 rings (SSSR count). The van der Waals surface area contributed by atoms with Crippen molar-refractivity contribution in [3.05, 3.63) is 40.2 Å². The highest BCUT2D eigenvalue weighted by atomic mass is 79.9. The monoisotopic (exact) mass is 270 g/mol. The van der Waals surface area contributed by atoms with Crippen molar-refractivity contribution in [2.24, 2.45) is 0 Å². The van der Waals surface area contributed by atoms with Gasteiger partial charge in [-0.15, -0.1) is 0 Å². The second-order valence-corrected chi connectivity index (χ2v) is 3.91. The van der Waals surface area contributed by atoms with Crippen LogP contribution in [0.2, 0.25) is 0 Å². The summed E-state index contributed by atoms with van der Waals surface area (Å²) in [6, 6.07) is 4.00. The van der Waals surface area contributed by atoms with Gasteiger partial charge in [-0.05, 0) is 18.2 Å². The maximum Gasteiger partial charge on any atom is 0.258 e. The summed E-state index contributed by atoms with van der Waals surface area (Å²) >= 11 is 3.26. The van der Waals surface area contributed by atoms with Crippen LogP contribution in [0.5, 0.6) is 0 Å². The summed E-state index contributed by atoms with van der Waals surface area (Å²) in [6.45, 7) is 0. The minimum Gasteiger partial charge on any atom is -0.310 e. The lowest BCUT2D eigenvalue weighted by Gasteiger charge is -2.00. The topological polar surface area (TPSA) is 45.8 Å². The molecule has 1 heterocycles. The lowest BCUT2D eigenvalue weighted by molar-refractivity contribution is 0.629. The molecule has 3 nitrogen and oxygen atoms in total. The molecule has 0 bridgehead atoms. The molecule has 1 N–H and O–H groups in total. The number of nitrogens with zero attached hydrogens (tertiary/aromatic N) is 1. The number of hydrogen-bond acceptors (Lipinski definition) is 2. The van der Waals surface area contributed by atoms with E-state index in [-0.39, 0.29) is 10.9 Å². The molecule has 0 saturated heterocycles. The third kappa shape index (κ3) is 2.07. The fraction of sp³-hybridized carbons (Fsp3) is 0.200. The predicted octanol–water partition coefficient (Wildman–Crippen LogP) is 2.00. The van der Waals surface area contributed by atoms with Gasteiger partial charge in [-0.2, -0.15) is 0 Å². The minimum absolute atomic E-state index is 0.285. The molecular weight excluding hydrogens is 263 g/mol. The Bertz CT molecular complexity index is 553. The smallest absolute Gasteiger partial charge is 0.258 e. The van der Waals surface area contributed by atoms with Crippen molar-refractivity contribution in [2.75, 3.05) is 5.33 Å². The van der Waals surface area contributed by atoms with E-state index in [0.29, 0.717) is 17.8 Å². The van der Waals surface area contributed by atoms with Crippen LogP contribution < -0.4 is 5.56 Å². The average Bonchev–Trinajstić information content (AvgIpc) is 2.20. The highest BCUT2D eigenvalue weighted by Gasteiger charge is 2.04. The predicted molar refractivity (Wildman–Crippen MR) is 59.8 cm³/mol. The van der Waals surface area contributed by atoms with Crippen LogP contribution in [0.1, 0.15) is 5.82 Å². The minimum atomic E-state index is -0.428. The molecule has 15 heavy (non-hydrogen) atoms. The summed E-state index contributed by atoms with van der Waals surface area (Å²) in [7, 11) is 0. The molecule has 0 aliphatic carbocycles. The standard InChI is InChI=1S/C10H8BrFN2O/c11-4-3-9-13-8-2-1-6(12)5-7(8)10(15)14-9/h1-2,5H,3-4H2,(H,13,14,15). The zero-order valence-electron chi connectivity index (χ0n) is 7.76. The van der Waals surface area contributed by atoms with Gasteiger partial charge < -0.3 is 4.98 Å². The largest absolute Gasteiger partial charge is 0.310 e. The molecule has 5 heteroatoms. The van der Waals surface area contributed by atoms with Gasteiger partial charge in [-0.25, -0.2) is 9.37 Å². The number of H-pyrrole nitrogens is 1. The van der Waals surface area contributed by atoms with E-state index in [1.807, 2.05) is 0 Å². The summed E-state index contributed by atoms with van der Waals surface area (Å²) in [5.41, 5.74) is 0.228. The van der Waals surface area contributed by atoms with E-state index in [0.717, 1.165) is 5.33 Å². The van der Waals surface area contributed by atoms with Crippen molar-refractivity contribution in [1.82, 2.24) is 9.97 Å². The van der Waals surface area contributed by atoms with Gasteiger partial charge in [-0.1, -0.05) is 15.9 Å². The van der Waals surface area contributed by atoms with E-state index in [9.17, 15) is 9.18 Å². The number of hydrogen-bond donors (Lipinski definition) is 1. The van der Waals surface area contributed by atoms with Crippen LogP contribution in [0.15, 0.2) is 23.0 Å². The third-order valence-corrected chi connectivity index (χ3v) is 2.44. The van der Waals surface area contributed by atoms with Gasteiger partial charge >= 0.3 is 0 Å². The lowest BCUT2D eigenvalue weighted by Crippen LogP contribution is -2.12. The Balaban J connectivity index is 2.67. The lowest BCUT2D eigenvalue weighted by atomic mass is 10.2. The Labute approximate surface area is 93.5 Å². The zero-order valence-corrected chi connectivity index (χ0v) is 9.34. The third-order valence-electron chi connectivity index (χ3n) is 2.05. The van der Waals surface area contributed by atoms with Gasteiger partial charge in [0, 0.05) is 11.8 Å². The normalized spacial score (nSPS) is 10.8. The van der Waals surface area contributed by atoms with E-state index >= 15 is 0 Å². The first-order valence-electron chi connectivity index (χ1n) is 4.45. The molecule has 0 aliphatic heterocycles. The molecule has 0 spiro atoms. The maximum atomic E-state index is 12.9. The van der Waals surface area contributed by atoms with Gasteiger partial charge in [0.25, 0.3) is 5.56 Å². The Morgan fingerprint density at radius 3 is 3.00 bits per heavy atom. The SMILES string of the molecule is O=c1[nH]c(CCBr)nc2ccc(F)cc12. The Morgan fingerprint density at radius 1 is 1.47 bits per heavy atom. The van der Waals surface area contributed by atoms with Gasteiger partial charge in [0.1, 0.15) is 11.6 Å². The Hall–Kier alpha value is -1.23. The average molecular weight is 271 g/mol. The number of aryl methyl sites for hydroxylation is 1. The number of halogens is 2. The quantitative estimate of drug-likeness (QED) is 0.849. The van der Waals surface area contributed by atoms with Crippen molar-refractivity contribution in [1.29, 1.82) is 0 Å². The van der Waals surface area contributed by atoms with Crippen LogP contribution in [0.3, 0.4) is 0 Å². The van der Waals surface area contributed by atoms with E-state index in [1.54, 1.807) is 0 Å². The molecule has 0 fully saturated rings. The summed E-state index contributed by atoms with van der Waals surface area (Å²) in [5.74, 6) is 0.180. The van der Waals surface area contributed by atoms with Crippen LogP contribution >= 0.6 is 15.9 Å². The zero-order chi connectivity index (χ0) is 10.8. The highest BCUT2D eigenvalue weighted by Crippen LogP contribution is 2.09. The summed E-state index contributed by atoms with van der Waals surface area (Å²) in [5, 5.41) is 1.01. The van der Waals surface area contributed by atoms with E-state index in [4.69, 9.17) is 0 Å². The van der Waals surface area contributed by atoms with Gasteiger partial charge in [0.2, 0.25) is 0 Å². The van der Waals surface area contributed by atoms with Crippen molar-refractivity contribution in [2.45, 2.75) is 6.42 Å². The number of fused-ring (bicyclic) bond motifs is 1. The van der Waals surface area contributed by atoms with Crippen molar-refractivity contribution in [3.8, 4) is 0 Å². The Morgan fingerprint density at radius 2 is 2.27 bits per heavy atom. The second-order valence-electron chi connectivity index (χ2n) is 3.11. The van der Waals surface area contributed by atoms with Crippen molar-refractivity contribution < 1.29 is 4.39 Å². The highest BCUT2D eigenvalue weighted by molar-refractivity contribution is 9.09. The van der Waals surface area contributed by atoms with E-state index in [2.05, 4.69) is 25.9 Å². The van der Waals surface area contributed by atoms with Gasteiger partial charge in [0.05, 0.1) is 10.9 Å². The van der Waals surface area contributed by atoms with Gasteiger partial charge in [0.15, 0.2) is 0 Å². The molecule has 0 radical (unpaired) electrons. The maximum absolute atomic E-state index is 12.9. The fourth-order valence-electron chi connectivity index (χ4n) is 1.37. The van der Waals surface area contributed by atoms with Gasteiger partial charge in [-0.3, -0.25) is 4.79 Å². The number of nitrogens with one attached hydrogen (secondary N) is 1. The number of benzene rings is 1. The Kier molecular flexibility index (Phi) is 2.81. The molecular formula is C10H8BrFN2O. The molecule has 1 aromatic carbocycles. The van der Waals surface area contributed by atoms with Crippen LogP contribution in [0, 0.1) is 5.82 Å². The van der Waals surface area contributed by atoms with Crippen molar-refractivity contribution in [3.63, 3.8) is 0 Å². The number of aromatic amines is 1. The second kappa shape index (κ2) is 4.10.